The number of aromatic nitrogens is 3. The first kappa shape index (κ1) is 26.8. The van der Waals surface area contributed by atoms with Crippen LogP contribution in [0.4, 0.5) is 20.3 Å². The van der Waals surface area contributed by atoms with E-state index >= 15 is 4.39 Å². The van der Waals surface area contributed by atoms with Crippen molar-refractivity contribution in [3.8, 4) is 5.69 Å². The third-order valence-electron chi connectivity index (χ3n) is 6.82. The van der Waals surface area contributed by atoms with E-state index in [4.69, 9.17) is 0 Å². The first-order valence-corrected chi connectivity index (χ1v) is 12.9. The second-order valence-electron chi connectivity index (χ2n) is 10.2. The number of hydrogen-bond donors (Lipinski definition) is 2. The normalized spacial score (nSPS) is 11.3. The number of carbonyl (C=O) groups is 1. The predicted molar refractivity (Wildman–Crippen MR) is 154 cm³/mol. The van der Waals surface area contributed by atoms with Gasteiger partial charge in [0, 0.05) is 44.0 Å². The molecule has 2 N–H and O–H groups in total. The Balaban J connectivity index is 1.49. The van der Waals surface area contributed by atoms with Crippen molar-refractivity contribution in [3.63, 3.8) is 0 Å². The number of benzene rings is 2. The van der Waals surface area contributed by atoms with Crippen molar-refractivity contribution >= 4 is 28.4 Å². The summed E-state index contributed by atoms with van der Waals surface area (Å²) in [6.45, 7) is 3.92. The average molecular weight is 542 g/mol. The number of nitrogens with zero attached hydrogens (tertiary/aromatic N) is 3. The van der Waals surface area contributed by atoms with E-state index in [0.29, 0.717) is 23.5 Å². The van der Waals surface area contributed by atoms with E-state index in [1.54, 1.807) is 49.6 Å². The Labute approximate surface area is 230 Å². The van der Waals surface area contributed by atoms with Crippen LogP contribution in [0.25, 0.3) is 16.7 Å². The van der Waals surface area contributed by atoms with Crippen LogP contribution in [0, 0.1) is 11.6 Å². The van der Waals surface area contributed by atoms with E-state index in [1.807, 2.05) is 26.0 Å². The van der Waals surface area contributed by atoms with Crippen molar-refractivity contribution in [2.75, 3.05) is 24.3 Å². The van der Waals surface area contributed by atoms with Gasteiger partial charge in [-0.05, 0) is 77.2 Å². The van der Waals surface area contributed by atoms with Gasteiger partial charge in [0.25, 0.3) is 11.5 Å². The molecule has 1 amide bonds. The summed E-state index contributed by atoms with van der Waals surface area (Å²) in [5.41, 5.74) is 2.85. The molecule has 0 aliphatic rings. The summed E-state index contributed by atoms with van der Waals surface area (Å²) >= 11 is 0. The van der Waals surface area contributed by atoms with Gasteiger partial charge in [-0.3, -0.25) is 14.2 Å². The van der Waals surface area contributed by atoms with Crippen LogP contribution in [-0.2, 0) is 6.42 Å². The number of pyridine rings is 2. The van der Waals surface area contributed by atoms with Gasteiger partial charge in [0.2, 0.25) is 0 Å². The molecule has 2 aromatic carbocycles. The molecule has 3 heterocycles. The van der Waals surface area contributed by atoms with E-state index in [0.717, 1.165) is 22.2 Å². The van der Waals surface area contributed by atoms with E-state index < -0.39 is 23.1 Å². The lowest BCUT2D eigenvalue weighted by molar-refractivity contribution is 0.102. The zero-order valence-electron chi connectivity index (χ0n) is 22.6. The van der Waals surface area contributed by atoms with Crippen LogP contribution in [0.5, 0.6) is 0 Å². The van der Waals surface area contributed by atoms with Crippen LogP contribution in [-0.4, -0.2) is 34.5 Å². The van der Waals surface area contributed by atoms with E-state index in [2.05, 4.69) is 15.3 Å². The molecule has 5 aromatic rings. The highest BCUT2D eigenvalue weighted by Crippen LogP contribution is 2.29. The lowest BCUT2D eigenvalue weighted by atomic mass is 10.0. The van der Waals surface area contributed by atoms with Crippen molar-refractivity contribution in [2.45, 2.75) is 26.2 Å². The van der Waals surface area contributed by atoms with Gasteiger partial charge >= 0.3 is 0 Å². The highest BCUT2D eigenvalue weighted by molar-refractivity contribution is 6.04. The number of halogens is 2. The topological polar surface area (TPSA) is 83.0 Å². The molecule has 0 atom stereocenters. The molecule has 0 unspecified atom stereocenters. The molecule has 5 rings (SSSR count). The summed E-state index contributed by atoms with van der Waals surface area (Å²) in [5, 5.41) is 3.59. The zero-order valence-corrected chi connectivity index (χ0v) is 22.6. The molecule has 0 saturated carbocycles. The van der Waals surface area contributed by atoms with Crippen molar-refractivity contribution in [2.24, 2.45) is 0 Å². The second kappa shape index (κ2) is 10.8. The van der Waals surface area contributed by atoms with Crippen LogP contribution < -0.4 is 15.8 Å². The van der Waals surface area contributed by atoms with Gasteiger partial charge in [0.05, 0.1) is 5.69 Å². The molecular formula is C31H29F2N5O2. The molecule has 0 radical (unpaired) electrons. The SMILES string of the molecule is CC(C)c1cc(C(=O)Nc2ccc(Cc3ccnc4[nH]ccc34)c(F)c2)c(=O)n(-c2ccc(F)cc2)c1N(C)C. The van der Waals surface area contributed by atoms with Crippen LogP contribution >= 0.6 is 0 Å². The Kier molecular flexibility index (Phi) is 7.21. The fourth-order valence-corrected chi connectivity index (χ4v) is 4.85. The summed E-state index contributed by atoms with van der Waals surface area (Å²) in [6.07, 6.45) is 3.81. The maximum atomic E-state index is 15.1. The minimum atomic E-state index is -0.664. The highest BCUT2D eigenvalue weighted by atomic mass is 19.1. The van der Waals surface area contributed by atoms with Gasteiger partial charge < -0.3 is 15.2 Å². The van der Waals surface area contributed by atoms with Crippen LogP contribution in [0.15, 0.2) is 77.9 Å². The Morgan fingerprint density at radius 3 is 2.45 bits per heavy atom. The van der Waals surface area contributed by atoms with Gasteiger partial charge in [-0.1, -0.05) is 19.9 Å². The Hall–Kier alpha value is -4.79. The smallest absolute Gasteiger partial charge is 0.269 e. The Morgan fingerprint density at radius 2 is 1.77 bits per heavy atom. The van der Waals surface area contributed by atoms with Gasteiger partial charge in [0.1, 0.15) is 28.7 Å². The molecule has 0 fully saturated rings. The second-order valence-corrected chi connectivity index (χ2v) is 10.2. The standard InChI is InChI=1S/C31H29F2N5O2/c1-18(2)25-17-26(31(40)38(30(25)37(3)4)23-9-6-21(32)7-10-23)29(39)36-22-8-5-20(27(33)16-22)15-19-11-13-34-28-24(19)12-14-35-28/h5-14,16-18H,15H2,1-4H3,(H,34,35)(H,36,39). The number of hydrogen-bond acceptors (Lipinski definition) is 4. The molecule has 0 saturated heterocycles. The molecule has 0 aliphatic carbocycles. The lowest BCUT2D eigenvalue weighted by Gasteiger charge is -2.25. The number of amides is 1. The first-order chi connectivity index (χ1) is 19.1. The predicted octanol–water partition coefficient (Wildman–Crippen LogP) is 6.02. The van der Waals surface area contributed by atoms with Crippen LogP contribution in [0.1, 0.15) is 46.8 Å². The van der Waals surface area contributed by atoms with Gasteiger partial charge in [0.15, 0.2) is 0 Å². The fourth-order valence-electron chi connectivity index (χ4n) is 4.85. The summed E-state index contributed by atoms with van der Waals surface area (Å²) in [5.74, 6) is -1.02. The zero-order chi connectivity index (χ0) is 28.6. The molecule has 9 heteroatoms. The van der Waals surface area contributed by atoms with Crippen molar-refractivity contribution < 1.29 is 13.6 Å². The first-order valence-electron chi connectivity index (χ1n) is 12.9. The molecular weight excluding hydrogens is 512 g/mol. The minimum absolute atomic E-state index is 0.0346. The third-order valence-corrected chi connectivity index (χ3v) is 6.82. The van der Waals surface area contributed by atoms with Crippen molar-refractivity contribution in [1.82, 2.24) is 14.5 Å². The molecule has 40 heavy (non-hydrogen) atoms. The van der Waals surface area contributed by atoms with Gasteiger partial charge in [-0.2, -0.15) is 0 Å². The fraction of sp³-hybridized carbons (Fsp3) is 0.194. The van der Waals surface area contributed by atoms with Crippen LogP contribution in [0.3, 0.4) is 0 Å². The molecule has 0 bridgehead atoms. The van der Waals surface area contributed by atoms with Gasteiger partial charge in [-0.25, -0.2) is 13.8 Å². The van der Waals surface area contributed by atoms with E-state index in [-0.39, 0.29) is 17.2 Å². The molecule has 7 nitrogen and oxygen atoms in total. The number of anilines is 2. The molecule has 204 valence electrons. The minimum Gasteiger partial charge on any atom is -0.364 e. The highest BCUT2D eigenvalue weighted by Gasteiger charge is 2.23. The maximum absolute atomic E-state index is 15.1. The Morgan fingerprint density at radius 1 is 1.02 bits per heavy atom. The third kappa shape index (κ3) is 5.10. The molecule has 0 spiro atoms. The number of H-pyrrole nitrogens is 1. The summed E-state index contributed by atoms with van der Waals surface area (Å²) < 4.78 is 30.2. The van der Waals surface area contributed by atoms with Gasteiger partial charge in [-0.15, -0.1) is 0 Å². The summed E-state index contributed by atoms with van der Waals surface area (Å²) in [7, 11) is 3.61. The number of aromatic amines is 1. The number of nitrogens with one attached hydrogen (secondary N) is 2. The molecule has 0 aliphatic heterocycles. The average Bonchev–Trinajstić information content (AvgIpc) is 3.40. The van der Waals surface area contributed by atoms with Crippen molar-refractivity contribution in [3.05, 3.63) is 117 Å². The quantitative estimate of drug-likeness (QED) is 0.264. The summed E-state index contributed by atoms with van der Waals surface area (Å²) in [6, 6.07) is 15.3. The largest absolute Gasteiger partial charge is 0.364 e. The lowest BCUT2D eigenvalue weighted by Crippen LogP contribution is -2.33. The van der Waals surface area contributed by atoms with Crippen molar-refractivity contribution in [1.29, 1.82) is 0 Å². The Bertz CT molecular complexity index is 1770. The number of rotatable bonds is 7. The van der Waals surface area contributed by atoms with E-state index in [1.165, 1.54) is 34.9 Å². The molecule has 3 aromatic heterocycles. The van der Waals surface area contributed by atoms with Crippen LogP contribution in [0.2, 0.25) is 0 Å². The number of carbonyl (C=O) groups excluding carboxylic acids is 1. The monoisotopic (exact) mass is 541 g/mol. The maximum Gasteiger partial charge on any atom is 0.269 e. The van der Waals surface area contributed by atoms with E-state index in [9.17, 15) is 14.0 Å². The number of fused-ring (bicyclic) bond motifs is 1. The summed E-state index contributed by atoms with van der Waals surface area (Å²) in [4.78, 5) is 36.2.